The average Bonchev–Trinajstić information content (AvgIpc) is 3.10. The molecular formula is C22H23ClN6O. The Kier molecular flexibility index (Phi) is 4.90. The highest BCUT2D eigenvalue weighted by Crippen LogP contribution is 2.40. The minimum atomic E-state index is -0.0691. The van der Waals surface area contributed by atoms with E-state index < -0.39 is 0 Å². The maximum Gasteiger partial charge on any atom is 0.226 e. The molecule has 2 aliphatic rings. The number of benzene rings is 1. The third kappa shape index (κ3) is 3.43. The number of carbonyl (C=O) groups is 1. The van der Waals surface area contributed by atoms with E-state index in [1.54, 1.807) is 4.68 Å². The van der Waals surface area contributed by atoms with Crippen molar-refractivity contribution in [2.45, 2.75) is 38.5 Å². The molecule has 0 radical (unpaired) electrons. The zero-order chi connectivity index (χ0) is 20.7. The number of anilines is 2. The van der Waals surface area contributed by atoms with Crippen LogP contribution in [-0.2, 0) is 4.79 Å². The molecular weight excluding hydrogens is 400 g/mol. The first-order valence-electron chi connectivity index (χ1n) is 10.3. The molecule has 0 aliphatic carbocycles. The number of rotatable bonds is 3. The van der Waals surface area contributed by atoms with Gasteiger partial charge < -0.3 is 10.2 Å². The van der Waals surface area contributed by atoms with Crippen molar-refractivity contribution in [3.05, 3.63) is 58.2 Å². The molecule has 154 valence electrons. The summed E-state index contributed by atoms with van der Waals surface area (Å²) < 4.78 is 1.69. The van der Waals surface area contributed by atoms with Gasteiger partial charge in [-0.15, -0.1) is 10.2 Å². The van der Waals surface area contributed by atoms with Crippen LogP contribution >= 0.6 is 11.6 Å². The van der Waals surface area contributed by atoms with Gasteiger partial charge in [-0.2, -0.15) is 9.78 Å². The van der Waals surface area contributed by atoms with E-state index in [2.05, 4.69) is 20.4 Å². The van der Waals surface area contributed by atoms with Crippen molar-refractivity contribution in [1.29, 1.82) is 0 Å². The van der Waals surface area contributed by atoms with Gasteiger partial charge in [-0.05, 0) is 56.0 Å². The summed E-state index contributed by atoms with van der Waals surface area (Å²) in [5.41, 5.74) is 2.93. The number of hydrogen-bond acceptors (Lipinski definition) is 5. The van der Waals surface area contributed by atoms with Crippen LogP contribution in [0.4, 0.5) is 11.6 Å². The van der Waals surface area contributed by atoms with E-state index in [-0.39, 0.29) is 11.8 Å². The topological polar surface area (TPSA) is 75.9 Å². The lowest BCUT2D eigenvalue weighted by Crippen LogP contribution is -2.30. The number of amides is 1. The number of halogens is 1. The lowest BCUT2D eigenvalue weighted by atomic mass is 9.86. The van der Waals surface area contributed by atoms with Gasteiger partial charge in [0.1, 0.15) is 5.82 Å². The maximum absolute atomic E-state index is 12.5. The minimum Gasteiger partial charge on any atom is -0.355 e. The number of nitrogens with one attached hydrogen (secondary N) is 1. The van der Waals surface area contributed by atoms with Gasteiger partial charge in [0.05, 0.1) is 5.69 Å². The second-order valence-electron chi connectivity index (χ2n) is 7.91. The summed E-state index contributed by atoms with van der Waals surface area (Å²) in [4.78, 5) is 14.8. The number of hydrogen-bond donors (Lipinski definition) is 1. The number of nitrogens with zero attached hydrogens (tertiary/aromatic N) is 5. The van der Waals surface area contributed by atoms with Gasteiger partial charge in [0.2, 0.25) is 5.91 Å². The SMILES string of the molecule is Cc1nn(-c2ccc(N3CCCCC3)nn2)c2c1[C@H](c1ccc(Cl)cc1)CC(=O)N2. The minimum absolute atomic E-state index is 0.0403. The zero-order valence-electron chi connectivity index (χ0n) is 16.8. The van der Waals surface area contributed by atoms with Crippen molar-refractivity contribution in [3.8, 4) is 5.82 Å². The summed E-state index contributed by atoms with van der Waals surface area (Å²) in [6, 6.07) is 11.6. The fraction of sp³-hybridized carbons (Fsp3) is 0.364. The molecule has 1 amide bonds. The monoisotopic (exact) mass is 422 g/mol. The lowest BCUT2D eigenvalue weighted by molar-refractivity contribution is -0.116. The van der Waals surface area contributed by atoms with Crippen LogP contribution in [0.5, 0.6) is 0 Å². The Bertz CT molecular complexity index is 1070. The Hall–Kier alpha value is -2.93. The van der Waals surface area contributed by atoms with E-state index in [1.165, 1.54) is 19.3 Å². The molecule has 2 aromatic heterocycles. The summed E-state index contributed by atoms with van der Waals surface area (Å²) in [7, 11) is 0. The highest BCUT2D eigenvalue weighted by molar-refractivity contribution is 6.30. The lowest BCUT2D eigenvalue weighted by Gasteiger charge is -2.27. The molecule has 30 heavy (non-hydrogen) atoms. The molecule has 1 saturated heterocycles. The Morgan fingerprint density at radius 1 is 1.00 bits per heavy atom. The normalized spacial score (nSPS) is 18.8. The molecule has 8 heteroatoms. The van der Waals surface area contributed by atoms with Crippen LogP contribution in [0.15, 0.2) is 36.4 Å². The first-order valence-corrected chi connectivity index (χ1v) is 10.7. The first kappa shape index (κ1) is 19.1. The standard InChI is InChI=1S/C22H23ClN6O/c1-14-21-17(15-5-7-16(23)8-6-15)13-20(30)24-22(21)29(27-14)19-10-9-18(25-26-19)28-11-3-2-4-12-28/h5-10,17H,2-4,11-13H2,1H3,(H,24,30)/t17-/m0/s1. The average molecular weight is 423 g/mol. The van der Waals surface area contributed by atoms with Crippen molar-refractivity contribution in [1.82, 2.24) is 20.0 Å². The molecule has 2 aliphatic heterocycles. The van der Waals surface area contributed by atoms with E-state index in [0.717, 1.165) is 35.7 Å². The molecule has 3 aromatic rings. The Labute approximate surface area is 180 Å². The third-order valence-electron chi connectivity index (χ3n) is 5.91. The number of fused-ring (bicyclic) bond motifs is 1. The molecule has 1 atom stereocenters. The van der Waals surface area contributed by atoms with E-state index in [0.29, 0.717) is 23.1 Å². The van der Waals surface area contributed by atoms with Crippen LogP contribution in [0.2, 0.25) is 5.02 Å². The van der Waals surface area contributed by atoms with Gasteiger partial charge in [0.15, 0.2) is 11.6 Å². The van der Waals surface area contributed by atoms with E-state index >= 15 is 0 Å². The second kappa shape index (κ2) is 7.72. The van der Waals surface area contributed by atoms with Crippen LogP contribution < -0.4 is 10.2 Å². The van der Waals surface area contributed by atoms with E-state index in [1.807, 2.05) is 43.3 Å². The number of piperidine rings is 1. The van der Waals surface area contributed by atoms with Crippen LogP contribution in [0, 0.1) is 6.92 Å². The molecule has 0 spiro atoms. The van der Waals surface area contributed by atoms with Crippen molar-refractivity contribution in [3.63, 3.8) is 0 Å². The predicted molar refractivity (Wildman–Crippen MR) is 116 cm³/mol. The van der Waals surface area contributed by atoms with Gasteiger partial charge in [-0.3, -0.25) is 4.79 Å². The molecule has 1 aromatic carbocycles. The Morgan fingerprint density at radius 3 is 2.40 bits per heavy atom. The maximum atomic E-state index is 12.5. The van der Waals surface area contributed by atoms with Gasteiger partial charge in [0, 0.05) is 36.0 Å². The summed E-state index contributed by atoms with van der Waals surface area (Å²) in [5.74, 6) is 2.04. The van der Waals surface area contributed by atoms with Gasteiger partial charge >= 0.3 is 0 Å². The molecule has 7 nitrogen and oxygen atoms in total. The Balaban J connectivity index is 1.51. The molecule has 0 saturated carbocycles. The summed E-state index contributed by atoms with van der Waals surface area (Å²) in [6.07, 6.45) is 4.02. The Morgan fingerprint density at radius 2 is 1.70 bits per heavy atom. The van der Waals surface area contributed by atoms with E-state index in [4.69, 9.17) is 16.7 Å². The van der Waals surface area contributed by atoms with Gasteiger partial charge in [-0.1, -0.05) is 23.7 Å². The van der Waals surface area contributed by atoms with E-state index in [9.17, 15) is 4.79 Å². The van der Waals surface area contributed by atoms with Crippen molar-refractivity contribution in [2.75, 3.05) is 23.3 Å². The number of aryl methyl sites for hydroxylation is 1. The van der Waals surface area contributed by atoms with Crippen molar-refractivity contribution in [2.24, 2.45) is 0 Å². The highest BCUT2D eigenvalue weighted by atomic mass is 35.5. The molecule has 1 fully saturated rings. The smallest absolute Gasteiger partial charge is 0.226 e. The first-order chi connectivity index (χ1) is 14.6. The van der Waals surface area contributed by atoms with Crippen LogP contribution in [0.25, 0.3) is 5.82 Å². The molecule has 1 N–H and O–H groups in total. The van der Waals surface area contributed by atoms with Crippen molar-refractivity contribution < 1.29 is 4.79 Å². The van der Waals surface area contributed by atoms with Gasteiger partial charge in [0.25, 0.3) is 0 Å². The summed E-state index contributed by atoms with van der Waals surface area (Å²) in [6.45, 7) is 4.00. The fourth-order valence-corrected chi connectivity index (χ4v) is 4.54. The fourth-order valence-electron chi connectivity index (χ4n) is 4.42. The summed E-state index contributed by atoms with van der Waals surface area (Å²) in [5, 5.41) is 17.2. The quantitative estimate of drug-likeness (QED) is 0.688. The zero-order valence-corrected chi connectivity index (χ0v) is 17.6. The van der Waals surface area contributed by atoms with Crippen LogP contribution in [0.1, 0.15) is 48.4 Å². The van der Waals surface area contributed by atoms with Crippen LogP contribution in [-0.4, -0.2) is 39.0 Å². The molecule has 0 unspecified atom stereocenters. The molecule has 4 heterocycles. The number of aromatic nitrogens is 4. The second-order valence-corrected chi connectivity index (χ2v) is 8.35. The van der Waals surface area contributed by atoms with Crippen LogP contribution in [0.3, 0.4) is 0 Å². The summed E-state index contributed by atoms with van der Waals surface area (Å²) >= 11 is 6.05. The highest BCUT2D eigenvalue weighted by Gasteiger charge is 2.33. The predicted octanol–water partition coefficient (Wildman–Crippen LogP) is 4.09. The van der Waals surface area contributed by atoms with Gasteiger partial charge in [-0.25, -0.2) is 0 Å². The molecule has 5 rings (SSSR count). The third-order valence-corrected chi connectivity index (χ3v) is 6.16. The largest absolute Gasteiger partial charge is 0.355 e. The van der Waals surface area contributed by atoms with Crippen molar-refractivity contribution >= 4 is 29.1 Å². The molecule has 0 bridgehead atoms. The number of carbonyl (C=O) groups excluding carboxylic acids is 1.